The van der Waals surface area contributed by atoms with Crippen molar-refractivity contribution >= 4 is 29.2 Å². The SMILES string of the molecule is C=C(CCNC(=O)COc1ccc(Cl)c(F)c1)NC(=O)c1cncc(N2CCOCC2)n1. The Morgan fingerprint density at radius 1 is 1.28 bits per heavy atom. The molecule has 170 valence electrons. The molecule has 1 aromatic heterocycles. The fraction of sp³-hybridized carbons (Fsp3) is 0.333. The molecule has 2 heterocycles. The molecule has 2 amide bonds. The van der Waals surface area contributed by atoms with Crippen LogP contribution in [0.3, 0.4) is 0 Å². The molecule has 0 aliphatic carbocycles. The Morgan fingerprint density at radius 2 is 2.06 bits per heavy atom. The molecule has 2 N–H and O–H groups in total. The molecule has 3 rings (SSSR count). The molecule has 0 bridgehead atoms. The van der Waals surface area contributed by atoms with E-state index in [2.05, 4.69) is 27.2 Å². The zero-order valence-electron chi connectivity index (χ0n) is 17.3. The third kappa shape index (κ3) is 6.89. The molecule has 2 aromatic rings. The number of amides is 2. The zero-order valence-corrected chi connectivity index (χ0v) is 18.0. The topological polar surface area (TPSA) is 106 Å². The van der Waals surface area contributed by atoms with Crippen molar-refractivity contribution < 1.29 is 23.5 Å². The summed E-state index contributed by atoms with van der Waals surface area (Å²) >= 11 is 5.60. The van der Waals surface area contributed by atoms with Gasteiger partial charge < -0.3 is 25.0 Å². The van der Waals surface area contributed by atoms with E-state index in [0.29, 0.717) is 44.2 Å². The second kappa shape index (κ2) is 11.4. The minimum absolute atomic E-state index is 0.0267. The fourth-order valence-electron chi connectivity index (χ4n) is 2.82. The Kier molecular flexibility index (Phi) is 8.34. The van der Waals surface area contributed by atoms with Crippen molar-refractivity contribution in [3.8, 4) is 5.75 Å². The molecule has 0 unspecified atom stereocenters. The van der Waals surface area contributed by atoms with E-state index in [9.17, 15) is 14.0 Å². The van der Waals surface area contributed by atoms with Crippen molar-refractivity contribution in [3.63, 3.8) is 0 Å². The molecule has 1 aliphatic rings. The van der Waals surface area contributed by atoms with Crippen LogP contribution in [-0.2, 0) is 9.53 Å². The Labute approximate surface area is 189 Å². The first-order valence-electron chi connectivity index (χ1n) is 9.91. The van der Waals surface area contributed by atoms with Gasteiger partial charge in [0.25, 0.3) is 11.8 Å². The Hall–Kier alpha value is -3.24. The van der Waals surface area contributed by atoms with Crippen LogP contribution in [-0.4, -0.2) is 61.2 Å². The van der Waals surface area contributed by atoms with E-state index in [4.69, 9.17) is 21.1 Å². The molecule has 1 fully saturated rings. The van der Waals surface area contributed by atoms with E-state index in [1.54, 1.807) is 6.20 Å². The first kappa shape index (κ1) is 23.4. The number of hydrogen-bond donors (Lipinski definition) is 2. The number of carbonyl (C=O) groups is 2. The van der Waals surface area contributed by atoms with E-state index in [0.717, 1.165) is 6.07 Å². The van der Waals surface area contributed by atoms with Gasteiger partial charge in [0.1, 0.15) is 23.1 Å². The van der Waals surface area contributed by atoms with Crippen molar-refractivity contribution in [2.24, 2.45) is 0 Å². The second-order valence-corrected chi connectivity index (χ2v) is 7.29. The molecule has 0 spiro atoms. The van der Waals surface area contributed by atoms with E-state index < -0.39 is 17.6 Å². The summed E-state index contributed by atoms with van der Waals surface area (Å²) < 4.78 is 23.9. The summed E-state index contributed by atoms with van der Waals surface area (Å²) in [6.45, 7) is 6.31. The lowest BCUT2D eigenvalue weighted by atomic mass is 10.3. The maximum absolute atomic E-state index is 13.4. The number of morpholine rings is 1. The van der Waals surface area contributed by atoms with E-state index in [1.807, 2.05) is 4.90 Å². The second-order valence-electron chi connectivity index (χ2n) is 6.88. The number of aromatic nitrogens is 2. The minimum atomic E-state index is -0.628. The average Bonchev–Trinajstić information content (AvgIpc) is 2.80. The number of nitrogens with zero attached hydrogens (tertiary/aromatic N) is 3. The summed E-state index contributed by atoms with van der Waals surface area (Å²) in [5, 5.41) is 5.26. The molecular formula is C21H23ClFN5O4. The predicted molar refractivity (Wildman–Crippen MR) is 116 cm³/mol. The molecule has 32 heavy (non-hydrogen) atoms. The van der Waals surface area contributed by atoms with Crippen molar-refractivity contribution in [1.82, 2.24) is 20.6 Å². The summed E-state index contributed by atoms with van der Waals surface area (Å²) in [6.07, 6.45) is 3.29. The van der Waals surface area contributed by atoms with Gasteiger partial charge in [-0.1, -0.05) is 18.2 Å². The normalized spacial score (nSPS) is 13.4. The standard InChI is InChI=1S/C21H23ClFN5O4/c1-14(4-5-25-20(29)13-32-15-2-3-16(22)17(23)10-15)26-21(30)18-11-24-12-19(27-18)28-6-8-31-9-7-28/h2-3,10-12H,1,4-9,13H2,(H,25,29)(H,26,30). The fourth-order valence-corrected chi connectivity index (χ4v) is 2.93. The first-order chi connectivity index (χ1) is 15.4. The van der Waals surface area contributed by atoms with Crippen molar-refractivity contribution in [2.45, 2.75) is 6.42 Å². The van der Waals surface area contributed by atoms with Crippen LogP contribution in [0.2, 0.25) is 5.02 Å². The van der Waals surface area contributed by atoms with Gasteiger partial charge in [-0.2, -0.15) is 0 Å². The average molecular weight is 464 g/mol. The van der Waals surface area contributed by atoms with Crippen LogP contribution in [0.4, 0.5) is 10.2 Å². The van der Waals surface area contributed by atoms with Gasteiger partial charge in [-0.25, -0.2) is 9.37 Å². The van der Waals surface area contributed by atoms with Gasteiger partial charge in [0.2, 0.25) is 0 Å². The van der Waals surface area contributed by atoms with Crippen LogP contribution in [0, 0.1) is 5.82 Å². The van der Waals surface area contributed by atoms with Crippen molar-refractivity contribution in [1.29, 1.82) is 0 Å². The van der Waals surface area contributed by atoms with Gasteiger partial charge in [-0.05, 0) is 12.1 Å². The highest BCUT2D eigenvalue weighted by atomic mass is 35.5. The number of rotatable bonds is 9. The predicted octanol–water partition coefficient (Wildman–Crippen LogP) is 1.93. The number of halogens is 2. The quantitative estimate of drug-likeness (QED) is 0.585. The van der Waals surface area contributed by atoms with Crippen molar-refractivity contribution in [2.75, 3.05) is 44.4 Å². The Bertz CT molecular complexity index is 984. The zero-order chi connectivity index (χ0) is 22.9. The molecule has 11 heteroatoms. The summed E-state index contributed by atoms with van der Waals surface area (Å²) in [5.41, 5.74) is 0.581. The monoisotopic (exact) mass is 463 g/mol. The number of ether oxygens (including phenoxy) is 2. The highest BCUT2D eigenvalue weighted by Crippen LogP contribution is 2.20. The van der Waals surface area contributed by atoms with Gasteiger partial charge in [0.05, 0.1) is 30.6 Å². The Morgan fingerprint density at radius 3 is 2.81 bits per heavy atom. The van der Waals surface area contributed by atoms with Gasteiger partial charge in [-0.3, -0.25) is 14.6 Å². The maximum Gasteiger partial charge on any atom is 0.275 e. The van der Waals surface area contributed by atoms with Gasteiger partial charge >= 0.3 is 0 Å². The number of carbonyl (C=O) groups excluding carboxylic acids is 2. The molecule has 1 aromatic carbocycles. The van der Waals surface area contributed by atoms with E-state index in [-0.39, 0.29) is 29.6 Å². The van der Waals surface area contributed by atoms with Gasteiger partial charge in [-0.15, -0.1) is 0 Å². The summed E-state index contributed by atoms with van der Waals surface area (Å²) in [6, 6.07) is 3.91. The van der Waals surface area contributed by atoms with Crippen LogP contribution in [0.15, 0.2) is 42.9 Å². The molecule has 0 saturated carbocycles. The van der Waals surface area contributed by atoms with Crippen LogP contribution >= 0.6 is 11.6 Å². The summed E-state index contributed by atoms with van der Waals surface area (Å²) in [7, 11) is 0. The molecule has 1 aliphatic heterocycles. The van der Waals surface area contributed by atoms with Crippen LogP contribution < -0.4 is 20.3 Å². The van der Waals surface area contributed by atoms with Crippen LogP contribution in [0.5, 0.6) is 5.75 Å². The highest BCUT2D eigenvalue weighted by Gasteiger charge is 2.16. The highest BCUT2D eigenvalue weighted by molar-refractivity contribution is 6.30. The van der Waals surface area contributed by atoms with Crippen molar-refractivity contribution in [3.05, 3.63) is 59.4 Å². The lowest BCUT2D eigenvalue weighted by Crippen LogP contribution is -2.37. The van der Waals surface area contributed by atoms with Gasteiger partial charge in [0.15, 0.2) is 6.61 Å². The smallest absolute Gasteiger partial charge is 0.275 e. The third-order valence-electron chi connectivity index (χ3n) is 4.49. The number of hydrogen-bond acceptors (Lipinski definition) is 7. The molecule has 9 nitrogen and oxygen atoms in total. The number of benzene rings is 1. The van der Waals surface area contributed by atoms with Gasteiger partial charge in [0, 0.05) is 37.8 Å². The largest absolute Gasteiger partial charge is 0.484 e. The van der Waals surface area contributed by atoms with E-state index in [1.165, 1.54) is 18.3 Å². The van der Waals surface area contributed by atoms with E-state index >= 15 is 0 Å². The lowest BCUT2D eigenvalue weighted by Gasteiger charge is -2.27. The number of nitrogens with one attached hydrogen (secondary N) is 2. The van der Waals surface area contributed by atoms with Crippen LogP contribution in [0.25, 0.3) is 0 Å². The van der Waals surface area contributed by atoms with Crippen LogP contribution in [0.1, 0.15) is 16.9 Å². The minimum Gasteiger partial charge on any atom is -0.484 e. The first-order valence-corrected chi connectivity index (χ1v) is 10.3. The Balaban J connectivity index is 1.39. The number of anilines is 1. The maximum atomic E-state index is 13.4. The lowest BCUT2D eigenvalue weighted by molar-refractivity contribution is -0.123. The summed E-state index contributed by atoms with van der Waals surface area (Å²) in [5.74, 6) is -0.657. The molecule has 0 radical (unpaired) electrons. The molecular weight excluding hydrogens is 441 g/mol. The third-order valence-corrected chi connectivity index (χ3v) is 4.80. The molecule has 1 saturated heterocycles. The molecule has 0 atom stereocenters. The summed E-state index contributed by atoms with van der Waals surface area (Å²) in [4.78, 5) is 34.8.